The molecular formula is C14H10N4. The van der Waals surface area contributed by atoms with Gasteiger partial charge in [-0.15, -0.1) is 0 Å². The van der Waals surface area contributed by atoms with Gasteiger partial charge in [0.15, 0.2) is 0 Å². The number of hydrogen-bond donors (Lipinski definition) is 0. The molecule has 0 fully saturated rings. The normalized spacial score (nSPS) is 10.2. The highest BCUT2D eigenvalue weighted by molar-refractivity contribution is 5.68. The van der Waals surface area contributed by atoms with Gasteiger partial charge in [-0.2, -0.15) is 0 Å². The van der Waals surface area contributed by atoms with E-state index in [0.717, 1.165) is 22.5 Å². The number of rotatable bonds is 2. The van der Waals surface area contributed by atoms with E-state index in [1.54, 1.807) is 25.0 Å². The highest BCUT2D eigenvalue weighted by Gasteiger charge is 2.02. The SMILES string of the molecule is c1cc(-c2ccncn2)cc(-c2ccncn2)c1. The summed E-state index contributed by atoms with van der Waals surface area (Å²) < 4.78 is 0. The lowest BCUT2D eigenvalue weighted by atomic mass is 10.1. The van der Waals surface area contributed by atoms with Crippen molar-refractivity contribution in [2.24, 2.45) is 0 Å². The van der Waals surface area contributed by atoms with E-state index in [2.05, 4.69) is 26.0 Å². The van der Waals surface area contributed by atoms with Gasteiger partial charge in [-0.25, -0.2) is 19.9 Å². The van der Waals surface area contributed by atoms with Crippen LogP contribution in [0.5, 0.6) is 0 Å². The predicted molar refractivity (Wildman–Crippen MR) is 68.5 cm³/mol. The van der Waals surface area contributed by atoms with E-state index < -0.39 is 0 Å². The van der Waals surface area contributed by atoms with Crippen LogP contribution in [-0.2, 0) is 0 Å². The van der Waals surface area contributed by atoms with Crippen molar-refractivity contribution in [2.75, 3.05) is 0 Å². The summed E-state index contributed by atoms with van der Waals surface area (Å²) in [4.78, 5) is 16.3. The molecule has 0 bridgehead atoms. The first-order valence-corrected chi connectivity index (χ1v) is 5.56. The smallest absolute Gasteiger partial charge is 0.116 e. The van der Waals surface area contributed by atoms with Crippen LogP contribution >= 0.6 is 0 Å². The third-order valence-electron chi connectivity index (χ3n) is 2.62. The summed E-state index contributed by atoms with van der Waals surface area (Å²) in [5, 5.41) is 0. The van der Waals surface area contributed by atoms with Crippen LogP contribution in [0.15, 0.2) is 61.4 Å². The van der Waals surface area contributed by atoms with Gasteiger partial charge in [-0.3, -0.25) is 0 Å². The molecule has 0 aliphatic carbocycles. The Labute approximate surface area is 104 Å². The van der Waals surface area contributed by atoms with Crippen molar-refractivity contribution >= 4 is 0 Å². The molecule has 0 saturated heterocycles. The fourth-order valence-electron chi connectivity index (χ4n) is 1.76. The first-order valence-electron chi connectivity index (χ1n) is 5.56. The molecule has 18 heavy (non-hydrogen) atoms. The zero-order valence-corrected chi connectivity index (χ0v) is 9.56. The summed E-state index contributed by atoms with van der Waals surface area (Å²) in [6.45, 7) is 0. The quantitative estimate of drug-likeness (QED) is 0.684. The summed E-state index contributed by atoms with van der Waals surface area (Å²) in [6, 6.07) is 11.9. The monoisotopic (exact) mass is 234 g/mol. The number of nitrogens with zero attached hydrogens (tertiary/aromatic N) is 4. The first-order chi connectivity index (χ1) is 8.93. The van der Waals surface area contributed by atoms with Gasteiger partial charge in [0.2, 0.25) is 0 Å². The van der Waals surface area contributed by atoms with Gasteiger partial charge in [0.1, 0.15) is 12.7 Å². The zero-order chi connectivity index (χ0) is 12.2. The summed E-state index contributed by atoms with van der Waals surface area (Å²) >= 11 is 0. The van der Waals surface area contributed by atoms with Crippen molar-refractivity contribution in [1.29, 1.82) is 0 Å². The Morgan fingerprint density at radius 2 is 1.22 bits per heavy atom. The Morgan fingerprint density at radius 3 is 1.67 bits per heavy atom. The second-order valence-electron chi connectivity index (χ2n) is 3.77. The van der Waals surface area contributed by atoms with Crippen LogP contribution in [0, 0.1) is 0 Å². The standard InChI is InChI=1S/C14H10N4/c1-2-11(13-4-6-15-9-17-13)8-12(3-1)14-5-7-16-10-18-14/h1-10H. The molecule has 4 heteroatoms. The molecule has 0 unspecified atom stereocenters. The molecule has 0 radical (unpaired) electrons. The second-order valence-corrected chi connectivity index (χ2v) is 3.77. The average molecular weight is 234 g/mol. The molecule has 4 nitrogen and oxygen atoms in total. The Morgan fingerprint density at radius 1 is 0.667 bits per heavy atom. The van der Waals surface area contributed by atoms with Gasteiger partial charge in [-0.1, -0.05) is 18.2 Å². The number of benzene rings is 1. The molecule has 0 N–H and O–H groups in total. The largest absolute Gasteiger partial charge is 0.245 e. The molecule has 0 amide bonds. The van der Waals surface area contributed by atoms with E-state index in [-0.39, 0.29) is 0 Å². The van der Waals surface area contributed by atoms with Crippen molar-refractivity contribution < 1.29 is 0 Å². The lowest BCUT2D eigenvalue weighted by molar-refractivity contribution is 1.17. The van der Waals surface area contributed by atoms with Crippen molar-refractivity contribution in [1.82, 2.24) is 19.9 Å². The third kappa shape index (κ3) is 2.08. The fourth-order valence-corrected chi connectivity index (χ4v) is 1.76. The minimum Gasteiger partial charge on any atom is -0.245 e. The van der Waals surface area contributed by atoms with Gasteiger partial charge in [0.05, 0.1) is 11.4 Å². The number of aromatic nitrogens is 4. The van der Waals surface area contributed by atoms with Crippen LogP contribution in [0.25, 0.3) is 22.5 Å². The molecule has 3 aromatic rings. The molecule has 1 aromatic carbocycles. The van der Waals surface area contributed by atoms with Crippen molar-refractivity contribution in [2.45, 2.75) is 0 Å². The van der Waals surface area contributed by atoms with Gasteiger partial charge in [-0.05, 0) is 18.2 Å². The van der Waals surface area contributed by atoms with Crippen LogP contribution in [0.1, 0.15) is 0 Å². The Balaban J connectivity index is 2.05. The van der Waals surface area contributed by atoms with Gasteiger partial charge < -0.3 is 0 Å². The molecule has 2 heterocycles. The van der Waals surface area contributed by atoms with E-state index >= 15 is 0 Å². The Bertz CT molecular complexity index is 583. The molecule has 0 spiro atoms. The van der Waals surface area contributed by atoms with Crippen LogP contribution < -0.4 is 0 Å². The maximum absolute atomic E-state index is 4.24. The molecule has 0 aliphatic rings. The lowest BCUT2D eigenvalue weighted by Crippen LogP contribution is -1.87. The predicted octanol–water partition coefficient (Wildman–Crippen LogP) is 2.60. The minimum atomic E-state index is 0.904. The Hall–Kier alpha value is -2.62. The lowest BCUT2D eigenvalue weighted by Gasteiger charge is -2.03. The van der Waals surface area contributed by atoms with E-state index in [4.69, 9.17) is 0 Å². The Kier molecular flexibility index (Phi) is 2.75. The first kappa shape index (κ1) is 10.5. The van der Waals surface area contributed by atoms with Gasteiger partial charge >= 0.3 is 0 Å². The summed E-state index contributed by atoms with van der Waals surface area (Å²) in [6.07, 6.45) is 6.57. The van der Waals surface area contributed by atoms with Crippen LogP contribution in [0.3, 0.4) is 0 Å². The summed E-state index contributed by atoms with van der Waals surface area (Å²) in [5.74, 6) is 0. The van der Waals surface area contributed by atoms with E-state index in [9.17, 15) is 0 Å². The minimum absolute atomic E-state index is 0.904. The highest BCUT2D eigenvalue weighted by Crippen LogP contribution is 2.22. The molecule has 3 rings (SSSR count). The van der Waals surface area contributed by atoms with Gasteiger partial charge in [0.25, 0.3) is 0 Å². The molecular weight excluding hydrogens is 224 g/mol. The maximum atomic E-state index is 4.24. The second kappa shape index (κ2) is 4.71. The number of hydrogen-bond acceptors (Lipinski definition) is 4. The van der Waals surface area contributed by atoms with Crippen molar-refractivity contribution in [3.8, 4) is 22.5 Å². The van der Waals surface area contributed by atoms with Crippen LogP contribution in [0.4, 0.5) is 0 Å². The molecule has 0 saturated carbocycles. The van der Waals surface area contributed by atoms with Crippen LogP contribution in [0.2, 0.25) is 0 Å². The van der Waals surface area contributed by atoms with E-state index in [1.165, 1.54) is 0 Å². The molecule has 2 aromatic heterocycles. The maximum Gasteiger partial charge on any atom is 0.116 e. The van der Waals surface area contributed by atoms with Crippen LogP contribution in [-0.4, -0.2) is 19.9 Å². The zero-order valence-electron chi connectivity index (χ0n) is 9.56. The van der Waals surface area contributed by atoms with E-state index in [0.29, 0.717) is 0 Å². The van der Waals surface area contributed by atoms with Crippen molar-refractivity contribution in [3.63, 3.8) is 0 Å². The van der Waals surface area contributed by atoms with E-state index in [1.807, 2.05) is 30.3 Å². The topological polar surface area (TPSA) is 51.6 Å². The van der Waals surface area contributed by atoms with Gasteiger partial charge in [0, 0.05) is 23.5 Å². The molecule has 0 aliphatic heterocycles. The average Bonchev–Trinajstić information content (AvgIpc) is 2.49. The fraction of sp³-hybridized carbons (Fsp3) is 0. The molecule has 0 atom stereocenters. The third-order valence-corrected chi connectivity index (χ3v) is 2.62. The summed E-state index contributed by atoms with van der Waals surface area (Å²) in [7, 11) is 0. The highest BCUT2D eigenvalue weighted by atomic mass is 14.8. The molecule has 86 valence electrons. The summed E-state index contributed by atoms with van der Waals surface area (Å²) in [5.41, 5.74) is 3.91. The van der Waals surface area contributed by atoms with Crippen molar-refractivity contribution in [3.05, 3.63) is 61.4 Å².